The molecule has 0 atom stereocenters. The predicted octanol–water partition coefficient (Wildman–Crippen LogP) is 3.25. The summed E-state index contributed by atoms with van der Waals surface area (Å²) in [6, 6.07) is 13.0. The molecule has 5 nitrogen and oxygen atoms in total. The molecule has 0 aliphatic rings. The molecule has 0 radical (unpaired) electrons. The number of fused-ring (bicyclic) bond motifs is 1. The fraction of sp³-hybridized carbons (Fsp3) is 0.0667. The van der Waals surface area contributed by atoms with Gasteiger partial charge < -0.3 is 10.5 Å². The number of ether oxygens (including phenoxy) is 1. The average molecular weight is 343 g/mol. The molecule has 1 aromatic heterocycles. The standard InChI is InChI=1S/C15H11BrN4O/c1-21-14-5-3-10(16)7-13(14)20-12-6-9(8-17)2-4-11(12)19-15(20)18/h2-7H,1H3,(H2,18,19). The number of halogens is 1. The number of imidazole rings is 1. The molecule has 21 heavy (non-hydrogen) atoms. The number of hydrogen-bond acceptors (Lipinski definition) is 4. The molecule has 1 heterocycles. The van der Waals surface area contributed by atoms with Gasteiger partial charge >= 0.3 is 0 Å². The zero-order valence-corrected chi connectivity index (χ0v) is 12.8. The van der Waals surface area contributed by atoms with E-state index in [0.29, 0.717) is 17.3 Å². The lowest BCUT2D eigenvalue weighted by Gasteiger charge is -2.12. The Morgan fingerprint density at radius 3 is 2.81 bits per heavy atom. The summed E-state index contributed by atoms with van der Waals surface area (Å²) in [5.41, 5.74) is 8.86. The fourth-order valence-electron chi connectivity index (χ4n) is 2.25. The lowest BCUT2D eigenvalue weighted by atomic mass is 10.2. The van der Waals surface area contributed by atoms with Crippen molar-refractivity contribution in [2.45, 2.75) is 0 Å². The van der Waals surface area contributed by atoms with Crippen LogP contribution in [0.1, 0.15) is 5.56 Å². The van der Waals surface area contributed by atoms with E-state index in [1.54, 1.807) is 29.9 Å². The number of methoxy groups -OCH3 is 1. The highest BCUT2D eigenvalue weighted by atomic mass is 79.9. The van der Waals surface area contributed by atoms with Crippen molar-refractivity contribution in [3.63, 3.8) is 0 Å². The quantitative estimate of drug-likeness (QED) is 0.775. The number of aromatic nitrogens is 2. The first-order valence-corrected chi connectivity index (χ1v) is 6.95. The molecule has 3 aromatic rings. The summed E-state index contributed by atoms with van der Waals surface area (Å²) in [4.78, 5) is 4.33. The van der Waals surface area contributed by atoms with Gasteiger partial charge in [-0.25, -0.2) is 4.98 Å². The Bertz CT molecular complexity index is 879. The number of nitrogens with zero attached hydrogens (tertiary/aromatic N) is 3. The molecule has 0 unspecified atom stereocenters. The van der Waals surface area contributed by atoms with Crippen LogP contribution in [0.2, 0.25) is 0 Å². The Hall–Kier alpha value is -2.52. The summed E-state index contributed by atoms with van der Waals surface area (Å²) >= 11 is 3.45. The van der Waals surface area contributed by atoms with Crippen LogP contribution in [-0.4, -0.2) is 16.7 Å². The van der Waals surface area contributed by atoms with Crippen molar-refractivity contribution < 1.29 is 4.74 Å². The molecule has 0 fully saturated rings. The molecule has 2 N–H and O–H groups in total. The Morgan fingerprint density at radius 2 is 2.10 bits per heavy atom. The van der Waals surface area contributed by atoms with Crippen molar-refractivity contribution >= 4 is 32.9 Å². The summed E-state index contributed by atoms with van der Waals surface area (Å²) in [5.74, 6) is 1.02. The Labute approximate surface area is 129 Å². The number of nitrogens with two attached hydrogens (primary N) is 1. The fourth-order valence-corrected chi connectivity index (χ4v) is 2.60. The van der Waals surface area contributed by atoms with Crippen LogP contribution >= 0.6 is 15.9 Å². The Morgan fingerprint density at radius 1 is 1.29 bits per heavy atom. The molecule has 0 spiro atoms. The maximum Gasteiger partial charge on any atom is 0.206 e. The van der Waals surface area contributed by atoms with Crippen molar-refractivity contribution in [2.75, 3.05) is 12.8 Å². The minimum Gasteiger partial charge on any atom is -0.495 e. The average Bonchev–Trinajstić information content (AvgIpc) is 2.81. The van der Waals surface area contributed by atoms with Gasteiger partial charge in [0.05, 0.1) is 35.5 Å². The molecular weight excluding hydrogens is 332 g/mol. The zero-order chi connectivity index (χ0) is 15.0. The van der Waals surface area contributed by atoms with Crippen LogP contribution in [0, 0.1) is 11.3 Å². The van der Waals surface area contributed by atoms with Crippen LogP contribution in [0.25, 0.3) is 16.7 Å². The van der Waals surface area contributed by atoms with E-state index in [0.717, 1.165) is 21.2 Å². The predicted molar refractivity (Wildman–Crippen MR) is 84.4 cm³/mol. The van der Waals surface area contributed by atoms with Gasteiger partial charge in [-0.05, 0) is 36.4 Å². The molecule has 6 heteroatoms. The molecule has 104 valence electrons. The first kappa shape index (κ1) is 13.5. The number of rotatable bonds is 2. The van der Waals surface area contributed by atoms with E-state index in [1.807, 2.05) is 18.2 Å². The van der Waals surface area contributed by atoms with Crippen LogP contribution in [0.15, 0.2) is 40.9 Å². The highest BCUT2D eigenvalue weighted by molar-refractivity contribution is 9.10. The van der Waals surface area contributed by atoms with E-state index in [1.165, 1.54) is 0 Å². The van der Waals surface area contributed by atoms with Gasteiger partial charge in [-0.1, -0.05) is 15.9 Å². The molecule has 0 amide bonds. The van der Waals surface area contributed by atoms with Crippen molar-refractivity contribution in [3.8, 4) is 17.5 Å². The third-order valence-electron chi connectivity index (χ3n) is 3.19. The van der Waals surface area contributed by atoms with Crippen molar-refractivity contribution in [2.24, 2.45) is 0 Å². The smallest absolute Gasteiger partial charge is 0.206 e. The van der Waals surface area contributed by atoms with E-state index in [4.69, 9.17) is 15.7 Å². The summed E-state index contributed by atoms with van der Waals surface area (Å²) < 4.78 is 8.07. The van der Waals surface area contributed by atoms with Gasteiger partial charge in [-0.15, -0.1) is 0 Å². The first-order valence-electron chi connectivity index (χ1n) is 6.16. The molecule has 0 aliphatic carbocycles. The topological polar surface area (TPSA) is 76.9 Å². The monoisotopic (exact) mass is 342 g/mol. The van der Waals surface area contributed by atoms with Crippen LogP contribution < -0.4 is 10.5 Å². The highest BCUT2D eigenvalue weighted by Gasteiger charge is 2.14. The molecule has 0 aliphatic heterocycles. The Balaban J connectivity index is 2.37. The van der Waals surface area contributed by atoms with Gasteiger partial charge in [0, 0.05) is 4.47 Å². The third-order valence-corrected chi connectivity index (χ3v) is 3.68. The van der Waals surface area contributed by atoms with Gasteiger partial charge in [0.15, 0.2) is 0 Å². The van der Waals surface area contributed by atoms with Gasteiger partial charge in [0.25, 0.3) is 0 Å². The SMILES string of the molecule is COc1ccc(Br)cc1-n1c(N)nc2ccc(C#N)cc21. The lowest BCUT2D eigenvalue weighted by molar-refractivity contribution is 0.413. The third kappa shape index (κ3) is 2.22. The number of nitrogen functional groups attached to an aromatic ring is 1. The van der Waals surface area contributed by atoms with E-state index in [2.05, 4.69) is 27.0 Å². The molecule has 0 saturated heterocycles. The summed E-state index contributed by atoms with van der Waals surface area (Å²) in [7, 11) is 1.60. The second-order valence-electron chi connectivity index (χ2n) is 4.44. The van der Waals surface area contributed by atoms with Crippen LogP contribution in [-0.2, 0) is 0 Å². The minimum atomic E-state index is 0.344. The highest BCUT2D eigenvalue weighted by Crippen LogP contribution is 2.32. The summed E-state index contributed by atoms with van der Waals surface area (Å²) in [6.45, 7) is 0. The van der Waals surface area contributed by atoms with E-state index in [9.17, 15) is 0 Å². The molecular formula is C15H11BrN4O. The molecule has 0 saturated carbocycles. The van der Waals surface area contributed by atoms with Crippen molar-refractivity contribution in [1.82, 2.24) is 9.55 Å². The largest absolute Gasteiger partial charge is 0.495 e. The summed E-state index contributed by atoms with van der Waals surface area (Å²) in [5, 5.41) is 9.07. The van der Waals surface area contributed by atoms with Gasteiger partial charge in [0.2, 0.25) is 5.95 Å². The van der Waals surface area contributed by atoms with E-state index < -0.39 is 0 Å². The number of hydrogen-bond donors (Lipinski definition) is 1. The number of nitriles is 1. The maximum absolute atomic E-state index is 9.07. The van der Waals surface area contributed by atoms with Crippen LogP contribution in [0.5, 0.6) is 5.75 Å². The Kier molecular flexibility index (Phi) is 3.28. The van der Waals surface area contributed by atoms with Crippen molar-refractivity contribution in [3.05, 3.63) is 46.4 Å². The zero-order valence-electron chi connectivity index (χ0n) is 11.2. The lowest BCUT2D eigenvalue weighted by Crippen LogP contribution is -2.03. The second kappa shape index (κ2) is 5.11. The van der Waals surface area contributed by atoms with Crippen LogP contribution in [0.4, 0.5) is 5.95 Å². The van der Waals surface area contributed by atoms with Gasteiger partial charge in [-0.2, -0.15) is 5.26 Å². The normalized spacial score (nSPS) is 10.5. The first-order chi connectivity index (χ1) is 10.1. The van der Waals surface area contributed by atoms with Gasteiger partial charge in [-0.3, -0.25) is 4.57 Å². The van der Waals surface area contributed by atoms with Crippen LogP contribution in [0.3, 0.4) is 0 Å². The minimum absolute atomic E-state index is 0.344. The van der Waals surface area contributed by atoms with Gasteiger partial charge in [0.1, 0.15) is 5.75 Å². The van der Waals surface area contributed by atoms with E-state index >= 15 is 0 Å². The summed E-state index contributed by atoms with van der Waals surface area (Å²) in [6.07, 6.45) is 0. The maximum atomic E-state index is 9.07. The molecule has 3 rings (SSSR count). The number of benzene rings is 2. The van der Waals surface area contributed by atoms with E-state index in [-0.39, 0.29) is 0 Å². The number of anilines is 1. The second-order valence-corrected chi connectivity index (χ2v) is 5.35. The van der Waals surface area contributed by atoms with Crippen molar-refractivity contribution in [1.29, 1.82) is 5.26 Å². The molecule has 0 bridgehead atoms. The molecule has 2 aromatic carbocycles.